The van der Waals surface area contributed by atoms with E-state index in [1.54, 1.807) is 12.1 Å². The van der Waals surface area contributed by atoms with Gasteiger partial charge in [-0.2, -0.15) is 12.7 Å². The molecule has 1 fully saturated rings. The van der Waals surface area contributed by atoms with Crippen molar-refractivity contribution < 1.29 is 13.5 Å². The van der Waals surface area contributed by atoms with E-state index in [-0.39, 0.29) is 12.5 Å². The van der Waals surface area contributed by atoms with Crippen molar-refractivity contribution in [1.82, 2.24) is 4.31 Å². The predicted molar refractivity (Wildman–Crippen MR) is 75.1 cm³/mol. The van der Waals surface area contributed by atoms with Gasteiger partial charge in [0.15, 0.2) is 0 Å². The van der Waals surface area contributed by atoms with Gasteiger partial charge >= 0.3 is 10.2 Å². The lowest BCUT2D eigenvalue weighted by atomic mass is 10.00. The topological polar surface area (TPSA) is 69.6 Å². The zero-order valence-electron chi connectivity index (χ0n) is 11.0. The van der Waals surface area contributed by atoms with Crippen LogP contribution in [0, 0.1) is 12.8 Å². The Morgan fingerprint density at radius 1 is 1.37 bits per heavy atom. The average molecular weight is 284 g/mol. The van der Waals surface area contributed by atoms with Crippen LogP contribution in [-0.2, 0) is 10.2 Å². The van der Waals surface area contributed by atoms with Crippen LogP contribution in [-0.4, -0.2) is 37.5 Å². The van der Waals surface area contributed by atoms with Crippen LogP contribution < -0.4 is 4.72 Å². The Balaban J connectivity index is 2.03. The fourth-order valence-corrected chi connectivity index (χ4v) is 3.50. The third-order valence-electron chi connectivity index (χ3n) is 3.44. The van der Waals surface area contributed by atoms with E-state index in [9.17, 15) is 8.42 Å². The molecule has 1 heterocycles. The molecule has 0 amide bonds. The first-order chi connectivity index (χ1) is 9.01. The van der Waals surface area contributed by atoms with Gasteiger partial charge in [0.05, 0.1) is 5.69 Å². The number of nitrogens with one attached hydrogen (secondary N) is 1. The molecule has 19 heavy (non-hydrogen) atoms. The maximum Gasteiger partial charge on any atom is 0.301 e. The van der Waals surface area contributed by atoms with Gasteiger partial charge in [-0.1, -0.05) is 12.1 Å². The molecule has 0 saturated carbocycles. The summed E-state index contributed by atoms with van der Waals surface area (Å²) < 4.78 is 28.5. The van der Waals surface area contributed by atoms with Crippen molar-refractivity contribution in [3.05, 3.63) is 29.8 Å². The van der Waals surface area contributed by atoms with Gasteiger partial charge in [0.2, 0.25) is 0 Å². The molecule has 5 nitrogen and oxygen atoms in total. The van der Waals surface area contributed by atoms with Crippen LogP contribution in [0.15, 0.2) is 24.3 Å². The van der Waals surface area contributed by atoms with Crippen molar-refractivity contribution in [2.75, 3.05) is 24.4 Å². The van der Waals surface area contributed by atoms with Crippen molar-refractivity contribution in [2.24, 2.45) is 5.92 Å². The first-order valence-corrected chi connectivity index (χ1v) is 7.90. The van der Waals surface area contributed by atoms with Crippen LogP contribution in [0.2, 0.25) is 0 Å². The van der Waals surface area contributed by atoms with Gasteiger partial charge in [0.1, 0.15) is 0 Å². The Morgan fingerprint density at radius 2 is 2.05 bits per heavy atom. The highest BCUT2D eigenvalue weighted by atomic mass is 32.2. The summed E-state index contributed by atoms with van der Waals surface area (Å²) in [5.41, 5.74) is 1.60. The molecule has 0 aliphatic carbocycles. The molecular formula is C13H20N2O3S. The van der Waals surface area contributed by atoms with E-state index in [0.29, 0.717) is 31.6 Å². The van der Waals surface area contributed by atoms with Crippen LogP contribution in [0.5, 0.6) is 0 Å². The molecule has 0 atom stereocenters. The van der Waals surface area contributed by atoms with Crippen molar-refractivity contribution in [1.29, 1.82) is 0 Å². The van der Waals surface area contributed by atoms with E-state index in [1.165, 1.54) is 4.31 Å². The summed E-state index contributed by atoms with van der Waals surface area (Å²) in [5, 5.41) is 9.06. The molecule has 1 aromatic carbocycles. The van der Waals surface area contributed by atoms with Crippen LogP contribution in [0.4, 0.5) is 5.69 Å². The summed E-state index contributed by atoms with van der Waals surface area (Å²) in [4.78, 5) is 0. The van der Waals surface area contributed by atoms with Gasteiger partial charge in [-0.05, 0) is 43.4 Å². The molecule has 0 radical (unpaired) electrons. The maximum absolute atomic E-state index is 12.2. The van der Waals surface area contributed by atoms with E-state index >= 15 is 0 Å². The molecular weight excluding hydrogens is 264 g/mol. The lowest BCUT2D eigenvalue weighted by molar-refractivity contribution is 0.170. The highest BCUT2D eigenvalue weighted by Crippen LogP contribution is 2.20. The van der Waals surface area contributed by atoms with Crippen LogP contribution in [0.25, 0.3) is 0 Å². The van der Waals surface area contributed by atoms with Crippen molar-refractivity contribution in [3.8, 4) is 0 Å². The molecule has 0 unspecified atom stereocenters. The van der Waals surface area contributed by atoms with Gasteiger partial charge in [-0.3, -0.25) is 4.72 Å². The van der Waals surface area contributed by atoms with E-state index < -0.39 is 10.2 Å². The lowest BCUT2D eigenvalue weighted by Gasteiger charge is -2.30. The summed E-state index contributed by atoms with van der Waals surface area (Å²) in [5.74, 6) is 0.227. The molecule has 1 aliphatic heterocycles. The summed E-state index contributed by atoms with van der Waals surface area (Å²) in [6.45, 7) is 2.99. The van der Waals surface area contributed by atoms with Crippen LogP contribution in [0.1, 0.15) is 18.4 Å². The largest absolute Gasteiger partial charge is 0.396 e. The molecule has 2 rings (SSSR count). The Morgan fingerprint density at radius 3 is 2.63 bits per heavy atom. The Bertz CT molecular complexity index is 522. The molecule has 0 spiro atoms. The molecule has 6 heteroatoms. The van der Waals surface area contributed by atoms with Crippen LogP contribution >= 0.6 is 0 Å². The van der Waals surface area contributed by atoms with E-state index in [0.717, 1.165) is 5.56 Å². The number of anilines is 1. The lowest BCUT2D eigenvalue weighted by Crippen LogP contribution is -2.42. The van der Waals surface area contributed by atoms with Gasteiger partial charge in [0.25, 0.3) is 0 Å². The number of nitrogens with zero attached hydrogens (tertiary/aromatic N) is 1. The van der Waals surface area contributed by atoms with Gasteiger partial charge < -0.3 is 5.11 Å². The monoisotopic (exact) mass is 284 g/mol. The van der Waals surface area contributed by atoms with Crippen molar-refractivity contribution in [3.63, 3.8) is 0 Å². The number of hydrogen-bond donors (Lipinski definition) is 2. The quantitative estimate of drug-likeness (QED) is 0.877. The molecule has 0 aromatic heterocycles. The van der Waals surface area contributed by atoms with E-state index in [2.05, 4.69) is 4.72 Å². The fourth-order valence-electron chi connectivity index (χ4n) is 2.25. The first-order valence-electron chi connectivity index (χ1n) is 6.46. The molecule has 106 valence electrons. The highest BCUT2D eigenvalue weighted by Gasteiger charge is 2.27. The Labute approximate surface area is 114 Å². The minimum Gasteiger partial charge on any atom is -0.396 e. The smallest absolute Gasteiger partial charge is 0.301 e. The fraction of sp³-hybridized carbons (Fsp3) is 0.538. The van der Waals surface area contributed by atoms with Crippen LogP contribution in [0.3, 0.4) is 0 Å². The van der Waals surface area contributed by atoms with Gasteiger partial charge in [0, 0.05) is 19.7 Å². The summed E-state index contributed by atoms with van der Waals surface area (Å²) in [6, 6.07) is 7.29. The first kappa shape index (κ1) is 14.3. The van der Waals surface area contributed by atoms with E-state index in [1.807, 2.05) is 19.1 Å². The normalized spacial score (nSPS) is 18.4. The standard InChI is InChI=1S/C13H20N2O3S/c1-11-3-2-4-13(9-11)14-19(17,18)15-7-5-12(10-16)6-8-15/h2-4,9,12,14,16H,5-8,10H2,1H3. The summed E-state index contributed by atoms with van der Waals surface area (Å²) >= 11 is 0. The second-order valence-electron chi connectivity index (χ2n) is 5.00. The summed E-state index contributed by atoms with van der Waals surface area (Å²) in [6.07, 6.45) is 1.43. The third kappa shape index (κ3) is 3.68. The van der Waals surface area contributed by atoms with Gasteiger partial charge in [-0.15, -0.1) is 0 Å². The Hall–Kier alpha value is -1.11. The number of aliphatic hydroxyl groups excluding tert-OH is 1. The van der Waals surface area contributed by atoms with E-state index in [4.69, 9.17) is 5.11 Å². The molecule has 0 bridgehead atoms. The van der Waals surface area contributed by atoms with Crippen molar-refractivity contribution >= 4 is 15.9 Å². The highest BCUT2D eigenvalue weighted by molar-refractivity contribution is 7.90. The minimum absolute atomic E-state index is 0.138. The predicted octanol–water partition coefficient (Wildman–Crippen LogP) is 1.36. The zero-order chi connectivity index (χ0) is 13.9. The molecule has 1 saturated heterocycles. The second-order valence-corrected chi connectivity index (χ2v) is 6.67. The van der Waals surface area contributed by atoms with Crippen molar-refractivity contribution in [2.45, 2.75) is 19.8 Å². The number of aryl methyl sites for hydroxylation is 1. The molecule has 2 N–H and O–H groups in total. The number of aliphatic hydroxyl groups is 1. The maximum atomic E-state index is 12.2. The summed E-state index contributed by atoms with van der Waals surface area (Å²) in [7, 11) is -3.48. The average Bonchev–Trinajstić information content (AvgIpc) is 2.38. The molecule has 1 aromatic rings. The zero-order valence-corrected chi connectivity index (χ0v) is 11.9. The third-order valence-corrected chi connectivity index (χ3v) is 4.98. The number of piperidine rings is 1. The minimum atomic E-state index is -3.48. The SMILES string of the molecule is Cc1cccc(NS(=O)(=O)N2CCC(CO)CC2)c1. The number of benzene rings is 1. The second kappa shape index (κ2) is 5.90. The van der Waals surface area contributed by atoms with Gasteiger partial charge in [-0.25, -0.2) is 0 Å². The number of rotatable bonds is 4. The molecule has 1 aliphatic rings. The Kier molecular flexibility index (Phi) is 4.44. The number of hydrogen-bond acceptors (Lipinski definition) is 3.